The smallest absolute Gasteiger partial charge is 0.0622 e. The van der Waals surface area contributed by atoms with Crippen LogP contribution in [-0.4, -0.2) is 12.3 Å². The van der Waals surface area contributed by atoms with Crippen molar-refractivity contribution in [2.45, 2.75) is 76.7 Å². The van der Waals surface area contributed by atoms with E-state index in [9.17, 15) is 0 Å². The molecule has 0 aromatic rings. The molecule has 0 heterocycles. The van der Waals surface area contributed by atoms with Crippen molar-refractivity contribution in [2.24, 2.45) is 10.4 Å². The van der Waals surface area contributed by atoms with E-state index in [1.54, 1.807) is 0 Å². The van der Waals surface area contributed by atoms with Gasteiger partial charge in [-0.1, -0.05) is 19.3 Å². The predicted octanol–water partition coefficient (Wildman–Crippen LogP) is 4.29. The standard InChI is InChI=1S/C17H24N4/c18-12-4-9-17(10-5-13-19,11-6-14-20)15-21-16-7-2-1-3-8-16/h15-16H,1-11H2. The lowest BCUT2D eigenvalue weighted by atomic mass is 9.76. The Labute approximate surface area is 128 Å². The number of hydrogen-bond donors (Lipinski definition) is 0. The Morgan fingerprint density at radius 1 is 0.857 bits per heavy atom. The molecule has 1 fully saturated rings. The van der Waals surface area contributed by atoms with Gasteiger partial charge in [0.2, 0.25) is 0 Å². The van der Waals surface area contributed by atoms with Crippen molar-refractivity contribution in [3.63, 3.8) is 0 Å². The number of aliphatic imine (C=N–C) groups is 1. The molecule has 4 nitrogen and oxygen atoms in total. The molecule has 4 heteroatoms. The Balaban J connectivity index is 2.79. The lowest BCUT2D eigenvalue weighted by Crippen LogP contribution is -2.24. The fourth-order valence-corrected chi connectivity index (χ4v) is 2.98. The molecule has 0 aromatic heterocycles. The quantitative estimate of drug-likeness (QED) is 0.623. The molecule has 0 aliphatic heterocycles. The first-order valence-electron chi connectivity index (χ1n) is 7.91. The Morgan fingerprint density at radius 3 is 1.76 bits per heavy atom. The van der Waals surface area contributed by atoms with Crippen molar-refractivity contribution in [2.75, 3.05) is 0 Å². The van der Waals surface area contributed by atoms with Gasteiger partial charge in [-0.2, -0.15) is 15.8 Å². The van der Waals surface area contributed by atoms with Gasteiger partial charge >= 0.3 is 0 Å². The Morgan fingerprint density at radius 2 is 1.33 bits per heavy atom. The van der Waals surface area contributed by atoms with Crippen molar-refractivity contribution < 1.29 is 0 Å². The molecule has 0 unspecified atom stereocenters. The summed E-state index contributed by atoms with van der Waals surface area (Å²) in [6.45, 7) is 0. The third-order valence-electron chi connectivity index (χ3n) is 4.34. The zero-order valence-corrected chi connectivity index (χ0v) is 12.7. The van der Waals surface area contributed by atoms with Gasteiger partial charge in [0.15, 0.2) is 0 Å². The van der Waals surface area contributed by atoms with Gasteiger partial charge in [-0.3, -0.25) is 4.99 Å². The Hall–Kier alpha value is -1.86. The lowest BCUT2D eigenvalue weighted by Gasteiger charge is -2.29. The van der Waals surface area contributed by atoms with E-state index in [4.69, 9.17) is 20.8 Å². The van der Waals surface area contributed by atoms with E-state index in [1.165, 1.54) is 19.3 Å². The van der Waals surface area contributed by atoms with Crippen LogP contribution in [0.4, 0.5) is 0 Å². The maximum atomic E-state index is 8.87. The molecule has 1 aliphatic carbocycles. The molecular weight excluding hydrogens is 260 g/mol. The SMILES string of the molecule is N#CCCC(C=NC1CCCCC1)(CCC#N)CCC#N. The van der Waals surface area contributed by atoms with Crippen LogP contribution in [0.2, 0.25) is 0 Å². The predicted molar refractivity (Wildman–Crippen MR) is 82.3 cm³/mol. The number of rotatable bonds is 8. The van der Waals surface area contributed by atoms with Gasteiger partial charge < -0.3 is 0 Å². The molecular formula is C17H24N4. The summed E-state index contributed by atoms with van der Waals surface area (Å²) in [7, 11) is 0. The summed E-state index contributed by atoms with van der Waals surface area (Å²) < 4.78 is 0. The second-order valence-electron chi connectivity index (χ2n) is 5.91. The highest BCUT2D eigenvalue weighted by Gasteiger charge is 2.28. The summed E-state index contributed by atoms with van der Waals surface area (Å²) in [6.07, 6.45) is 11.5. The topological polar surface area (TPSA) is 83.7 Å². The molecule has 0 radical (unpaired) electrons. The summed E-state index contributed by atoms with van der Waals surface area (Å²) in [5.74, 6) is 0. The monoisotopic (exact) mass is 284 g/mol. The summed E-state index contributed by atoms with van der Waals surface area (Å²) >= 11 is 0. The van der Waals surface area contributed by atoms with Crippen molar-refractivity contribution in [3.8, 4) is 18.2 Å². The average molecular weight is 284 g/mol. The molecule has 1 aliphatic rings. The Kier molecular flexibility index (Phi) is 8.15. The third kappa shape index (κ3) is 6.42. The zero-order chi connectivity index (χ0) is 15.4. The van der Waals surface area contributed by atoms with Crippen molar-refractivity contribution >= 4 is 6.21 Å². The van der Waals surface area contributed by atoms with Gasteiger partial charge in [-0.15, -0.1) is 0 Å². The van der Waals surface area contributed by atoms with Crippen LogP contribution >= 0.6 is 0 Å². The van der Waals surface area contributed by atoms with Gasteiger partial charge in [0.1, 0.15) is 0 Å². The first-order chi connectivity index (χ1) is 10.3. The average Bonchev–Trinajstić information content (AvgIpc) is 2.54. The van der Waals surface area contributed by atoms with E-state index < -0.39 is 0 Å². The first kappa shape index (κ1) is 17.2. The summed E-state index contributed by atoms with van der Waals surface area (Å²) in [5.41, 5.74) is -0.251. The van der Waals surface area contributed by atoms with E-state index in [-0.39, 0.29) is 5.41 Å². The second-order valence-corrected chi connectivity index (χ2v) is 5.91. The van der Waals surface area contributed by atoms with Crippen LogP contribution in [0.5, 0.6) is 0 Å². The van der Waals surface area contributed by atoms with Gasteiger partial charge in [-0.05, 0) is 32.1 Å². The van der Waals surface area contributed by atoms with E-state index in [0.29, 0.717) is 44.6 Å². The molecule has 1 rings (SSSR count). The minimum absolute atomic E-state index is 0.251. The van der Waals surface area contributed by atoms with E-state index in [2.05, 4.69) is 18.2 Å². The summed E-state index contributed by atoms with van der Waals surface area (Å²) in [4.78, 5) is 4.76. The normalized spacial score (nSPS) is 16.2. The molecule has 0 aromatic carbocycles. The summed E-state index contributed by atoms with van der Waals surface area (Å²) in [6, 6.07) is 6.95. The minimum atomic E-state index is -0.251. The molecule has 0 atom stereocenters. The fraction of sp³-hybridized carbons (Fsp3) is 0.765. The van der Waals surface area contributed by atoms with Crippen LogP contribution in [0.3, 0.4) is 0 Å². The van der Waals surface area contributed by atoms with Gasteiger partial charge in [0, 0.05) is 36.9 Å². The van der Waals surface area contributed by atoms with Crippen molar-refractivity contribution in [3.05, 3.63) is 0 Å². The summed E-state index contributed by atoms with van der Waals surface area (Å²) in [5, 5.41) is 26.6. The van der Waals surface area contributed by atoms with Gasteiger partial charge in [0.25, 0.3) is 0 Å². The largest absolute Gasteiger partial charge is 0.294 e. The highest BCUT2D eigenvalue weighted by molar-refractivity contribution is 5.66. The van der Waals surface area contributed by atoms with Crippen LogP contribution in [0, 0.1) is 39.4 Å². The second kappa shape index (κ2) is 9.95. The molecule has 21 heavy (non-hydrogen) atoms. The van der Waals surface area contributed by atoms with Crippen LogP contribution < -0.4 is 0 Å². The molecule has 112 valence electrons. The molecule has 0 amide bonds. The molecule has 0 N–H and O–H groups in total. The van der Waals surface area contributed by atoms with Crippen LogP contribution in [-0.2, 0) is 0 Å². The molecule has 0 bridgehead atoms. The number of nitrogens with zero attached hydrogens (tertiary/aromatic N) is 4. The molecule has 1 saturated carbocycles. The van der Waals surface area contributed by atoms with Crippen LogP contribution in [0.15, 0.2) is 4.99 Å². The molecule has 0 saturated heterocycles. The van der Waals surface area contributed by atoms with E-state index >= 15 is 0 Å². The minimum Gasteiger partial charge on any atom is -0.294 e. The third-order valence-corrected chi connectivity index (χ3v) is 4.34. The number of nitriles is 3. The maximum Gasteiger partial charge on any atom is 0.0622 e. The van der Waals surface area contributed by atoms with E-state index in [0.717, 1.165) is 12.8 Å². The highest BCUT2D eigenvalue weighted by atomic mass is 14.8. The highest BCUT2D eigenvalue weighted by Crippen LogP contribution is 2.34. The van der Waals surface area contributed by atoms with Crippen molar-refractivity contribution in [1.82, 2.24) is 0 Å². The van der Waals surface area contributed by atoms with Crippen LogP contribution in [0.1, 0.15) is 70.6 Å². The number of hydrogen-bond acceptors (Lipinski definition) is 4. The molecule has 0 spiro atoms. The zero-order valence-electron chi connectivity index (χ0n) is 12.7. The van der Waals surface area contributed by atoms with Gasteiger partial charge in [0.05, 0.1) is 18.2 Å². The fourth-order valence-electron chi connectivity index (χ4n) is 2.98. The van der Waals surface area contributed by atoms with E-state index in [1.807, 2.05) is 6.21 Å². The Bertz CT molecular complexity index is 395. The van der Waals surface area contributed by atoms with Crippen LogP contribution in [0.25, 0.3) is 0 Å². The first-order valence-corrected chi connectivity index (χ1v) is 7.91. The van der Waals surface area contributed by atoms with Crippen molar-refractivity contribution in [1.29, 1.82) is 15.8 Å². The maximum absolute atomic E-state index is 8.87. The van der Waals surface area contributed by atoms with Gasteiger partial charge in [-0.25, -0.2) is 0 Å². The lowest BCUT2D eigenvalue weighted by molar-refractivity contribution is 0.344.